The summed E-state index contributed by atoms with van der Waals surface area (Å²) in [6.07, 6.45) is 0.555. The molecule has 0 unspecified atom stereocenters. The van der Waals surface area contributed by atoms with Crippen molar-refractivity contribution in [2.45, 2.75) is 12.8 Å². The summed E-state index contributed by atoms with van der Waals surface area (Å²) >= 11 is 0. The van der Waals surface area contributed by atoms with E-state index in [0.29, 0.717) is 18.8 Å². The molecule has 0 aromatic heterocycles. The minimum atomic E-state index is -0.574. The second-order valence-corrected chi connectivity index (χ2v) is 5.87. The maximum atomic E-state index is 12.0. The van der Waals surface area contributed by atoms with E-state index in [1.165, 1.54) is 13.2 Å². The zero-order valence-electron chi connectivity index (χ0n) is 16.3. The predicted molar refractivity (Wildman–Crippen MR) is 105 cm³/mol. The quantitative estimate of drug-likeness (QED) is 0.483. The Morgan fingerprint density at radius 1 is 0.931 bits per heavy atom. The zero-order chi connectivity index (χ0) is 21.1. The van der Waals surface area contributed by atoms with E-state index in [2.05, 4.69) is 10.1 Å². The molecule has 1 N–H and O–H groups in total. The van der Waals surface area contributed by atoms with Gasteiger partial charge in [-0.25, -0.2) is 4.79 Å². The van der Waals surface area contributed by atoms with Crippen LogP contribution >= 0.6 is 0 Å². The van der Waals surface area contributed by atoms with Gasteiger partial charge in [-0.05, 0) is 42.8 Å². The molecule has 0 heterocycles. The van der Waals surface area contributed by atoms with Gasteiger partial charge in [0.15, 0.2) is 6.61 Å². The van der Waals surface area contributed by atoms with Crippen LogP contribution in [0.2, 0.25) is 0 Å². The van der Waals surface area contributed by atoms with Crippen molar-refractivity contribution in [3.8, 4) is 11.5 Å². The number of methoxy groups -OCH3 is 2. The van der Waals surface area contributed by atoms with Gasteiger partial charge in [-0.3, -0.25) is 9.59 Å². The van der Waals surface area contributed by atoms with Gasteiger partial charge in [0.05, 0.1) is 32.1 Å². The minimum Gasteiger partial charge on any atom is -0.497 e. The lowest BCUT2D eigenvalue weighted by Crippen LogP contribution is -2.22. The van der Waals surface area contributed by atoms with Crippen molar-refractivity contribution in [1.29, 1.82) is 0 Å². The van der Waals surface area contributed by atoms with Gasteiger partial charge in [0.1, 0.15) is 11.5 Å². The molecule has 2 rings (SSSR count). The molecule has 2 aromatic carbocycles. The van der Waals surface area contributed by atoms with E-state index in [1.807, 2.05) is 0 Å². The average molecular weight is 401 g/mol. The summed E-state index contributed by atoms with van der Waals surface area (Å²) in [5.41, 5.74) is 0.499. The van der Waals surface area contributed by atoms with Crippen molar-refractivity contribution in [2.24, 2.45) is 0 Å². The standard InChI is InChI=1S/C21H23NO7/c1-26-15-9-11-16(12-10-15)28-13-5-8-20(24)29-14-19(23)22-18-7-4-3-6-17(18)21(25)27-2/h3-4,6-7,9-12H,5,8,13-14H2,1-2H3,(H,22,23). The van der Waals surface area contributed by atoms with Crippen LogP contribution in [-0.2, 0) is 19.1 Å². The summed E-state index contributed by atoms with van der Waals surface area (Å²) in [7, 11) is 2.83. The Hall–Kier alpha value is -3.55. The van der Waals surface area contributed by atoms with Crippen molar-refractivity contribution < 1.29 is 33.3 Å². The number of para-hydroxylation sites is 1. The molecular weight excluding hydrogens is 378 g/mol. The maximum Gasteiger partial charge on any atom is 0.339 e. The van der Waals surface area contributed by atoms with E-state index < -0.39 is 24.5 Å². The number of hydrogen-bond acceptors (Lipinski definition) is 7. The highest BCUT2D eigenvalue weighted by Crippen LogP contribution is 2.17. The third-order valence-electron chi connectivity index (χ3n) is 3.82. The molecule has 0 aliphatic rings. The van der Waals surface area contributed by atoms with Crippen molar-refractivity contribution >= 4 is 23.5 Å². The predicted octanol–water partition coefficient (Wildman–Crippen LogP) is 2.82. The smallest absolute Gasteiger partial charge is 0.339 e. The Balaban J connectivity index is 1.68. The van der Waals surface area contributed by atoms with Crippen LogP contribution in [0.4, 0.5) is 5.69 Å². The van der Waals surface area contributed by atoms with E-state index in [4.69, 9.17) is 14.2 Å². The highest BCUT2D eigenvalue weighted by Gasteiger charge is 2.14. The fraction of sp³-hybridized carbons (Fsp3) is 0.286. The fourth-order valence-electron chi connectivity index (χ4n) is 2.36. The molecule has 0 saturated carbocycles. The van der Waals surface area contributed by atoms with Crippen LogP contribution in [0.5, 0.6) is 11.5 Å². The summed E-state index contributed by atoms with van der Waals surface area (Å²) in [4.78, 5) is 35.4. The first-order valence-corrected chi connectivity index (χ1v) is 8.93. The van der Waals surface area contributed by atoms with E-state index in [-0.39, 0.29) is 17.7 Å². The Morgan fingerprint density at radius 2 is 1.62 bits per heavy atom. The molecule has 29 heavy (non-hydrogen) atoms. The molecule has 0 fully saturated rings. The second kappa shape index (κ2) is 11.3. The second-order valence-electron chi connectivity index (χ2n) is 5.87. The first kappa shape index (κ1) is 21.7. The highest BCUT2D eigenvalue weighted by atomic mass is 16.5. The Bertz CT molecular complexity index is 833. The van der Waals surface area contributed by atoms with Gasteiger partial charge >= 0.3 is 11.9 Å². The van der Waals surface area contributed by atoms with Crippen LogP contribution in [0.25, 0.3) is 0 Å². The van der Waals surface area contributed by atoms with Gasteiger partial charge < -0.3 is 24.3 Å². The van der Waals surface area contributed by atoms with E-state index in [1.54, 1.807) is 49.6 Å². The van der Waals surface area contributed by atoms with Crippen LogP contribution in [-0.4, -0.2) is 45.3 Å². The van der Waals surface area contributed by atoms with Gasteiger partial charge in [-0.2, -0.15) is 0 Å². The van der Waals surface area contributed by atoms with E-state index in [0.717, 1.165) is 5.75 Å². The molecule has 0 bridgehead atoms. The third-order valence-corrected chi connectivity index (χ3v) is 3.82. The molecule has 8 heteroatoms. The number of anilines is 1. The Kier molecular flexibility index (Phi) is 8.50. The Labute approximate surface area is 168 Å². The number of esters is 2. The van der Waals surface area contributed by atoms with Gasteiger partial charge in [-0.15, -0.1) is 0 Å². The molecule has 0 aliphatic carbocycles. The lowest BCUT2D eigenvalue weighted by molar-refractivity contribution is -0.147. The number of ether oxygens (including phenoxy) is 4. The lowest BCUT2D eigenvalue weighted by Gasteiger charge is -2.10. The molecule has 0 spiro atoms. The zero-order valence-corrected chi connectivity index (χ0v) is 16.3. The van der Waals surface area contributed by atoms with Gasteiger partial charge in [-0.1, -0.05) is 12.1 Å². The van der Waals surface area contributed by atoms with Crippen LogP contribution in [0.15, 0.2) is 48.5 Å². The number of nitrogens with one attached hydrogen (secondary N) is 1. The number of benzene rings is 2. The SMILES string of the molecule is COC(=O)c1ccccc1NC(=O)COC(=O)CCCOc1ccc(OC)cc1. The van der Waals surface area contributed by atoms with Crippen LogP contribution in [0, 0.1) is 0 Å². The number of amides is 1. The van der Waals surface area contributed by atoms with Crippen molar-refractivity contribution in [2.75, 3.05) is 32.8 Å². The topological polar surface area (TPSA) is 100 Å². The molecule has 2 aromatic rings. The highest BCUT2D eigenvalue weighted by molar-refractivity contribution is 6.01. The van der Waals surface area contributed by atoms with Gasteiger partial charge in [0, 0.05) is 6.42 Å². The minimum absolute atomic E-state index is 0.113. The number of carbonyl (C=O) groups is 3. The monoisotopic (exact) mass is 401 g/mol. The van der Waals surface area contributed by atoms with Crippen LogP contribution in [0.3, 0.4) is 0 Å². The van der Waals surface area contributed by atoms with Crippen LogP contribution < -0.4 is 14.8 Å². The summed E-state index contributed by atoms with van der Waals surface area (Å²) in [6.45, 7) is -0.117. The van der Waals surface area contributed by atoms with Crippen molar-refractivity contribution in [3.05, 3.63) is 54.1 Å². The van der Waals surface area contributed by atoms with Gasteiger partial charge in [0.2, 0.25) is 0 Å². The largest absolute Gasteiger partial charge is 0.497 e. The molecule has 0 atom stereocenters. The van der Waals surface area contributed by atoms with E-state index in [9.17, 15) is 14.4 Å². The molecule has 0 radical (unpaired) electrons. The van der Waals surface area contributed by atoms with Crippen molar-refractivity contribution in [1.82, 2.24) is 0 Å². The Morgan fingerprint density at radius 3 is 2.31 bits per heavy atom. The first-order chi connectivity index (χ1) is 14.0. The number of carbonyl (C=O) groups excluding carboxylic acids is 3. The summed E-state index contributed by atoms with van der Waals surface area (Å²) < 4.78 is 20.2. The summed E-state index contributed by atoms with van der Waals surface area (Å²) in [6, 6.07) is 13.5. The van der Waals surface area contributed by atoms with E-state index >= 15 is 0 Å². The number of hydrogen-bond donors (Lipinski definition) is 1. The molecule has 0 saturated heterocycles. The fourth-order valence-corrected chi connectivity index (χ4v) is 2.36. The normalized spacial score (nSPS) is 10.0. The summed E-state index contributed by atoms with van der Waals surface area (Å²) in [5, 5.41) is 2.53. The lowest BCUT2D eigenvalue weighted by atomic mass is 10.2. The van der Waals surface area contributed by atoms with Crippen LogP contribution in [0.1, 0.15) is 23.2 Å². The first-order valence-electron chi connectivity index (χ1n) is 8.93. The molecule has 1 amide bonds. The third kappa shape index (κ3) is 7.17. The van der Waals surface area contributed by atoms with Gasteiger partial charge in [0.25, 0.3) is 5.91 Å². The molecule has 154 valence electrons. The molecule has 8 nitrogen and oxygen atoms in total. The number of rotatable bonds is 10. The molecule has 0 aliphatic heterocycles. The molecular formula is C21H23NO7. The average Bonchev–Trinajstić information content (AvgIpc) is 2.75. The maximum absolute atomic E-state index is 12.0. The summed E-state index contributed by atoms with van der Waals surface area (Å²) in [5.74, 6) is -0.241. The van der Waals surface area contributed by atoms with Crippen molar-refractivity contribution in [3.63, 3.8) is 0 Å².